The molecule has 5 fully saturated rings. The van der Waals surface area contributed by atoms with Crippen LogP contribution in [-0.2, 0) is 6.54 Å². The van der Waals surface area contributed by atoms with Crippen LogP contribution >= 0.6 is 12.6 Å². The van der Waals surface area contributed by atoms with E-state index in [1.165, 1.54) is 32.1 Å². The monoisotopic (exact) mass is 518 g/mol. The SMILES string of the molecule is N#Cc1cnc(NCc2ccccc2S)nc1NC[C@@]12CC3C[C@H](C1)[C@@H](N[C@H]1CC[C@@H](O)CC1)[C@@H](C3)C2. The van der Waals surface area contributed by atoms with Gasteiger partial charge in [0.15, 0.2) is 0 Å². The molecule has 5 saturated carbocycles. The summed E-state index contributed by atoms with van der Waals surface area (Å²) in [5, 5.41) is 30.5. The zero-order valence-corrected chi connectivity index (χ0v) is 22.3. The van der Waals surface area contributed by atoms with Gasteiger partial charge in [-0.25, -0.2) is 4.98 Å². The number of nitriles is 1. The molecule has 1 aromatic carbocycles. The van der Waals surface area contributed by atoms with E-state index >= 15 is 0 Å². The van der Waals surface area contributed by atoms with Crippen molar-refractivity contribution in [3.8, 4) is 6.07 Å². The van der Waals surface area contributed by atoms with Gasteiger partial charge in [0.2, 0.25) is 5.95 Å². The minimum atomic E-state index is -0.0968. The molecule has 37 heavy (non-hydrogen) atoms. The van der Waals surface area contributed by atoms with E-state index in [-0.39, 0.29) is 11.5 Å². The number of benzene rings is 1. The molecule has 0 spiro atoms. The standard InChI is InChI=1S/C29H38N6OS/c30-14-22-16-32-28(31-15-19-3-1-2-4-25(19)37)35-27(22)33-17-29-11-18-9-20(12-29)26(21(10-18)13-29)34-23-5-7-24(36)8-6-23/h1-4,16,18,20-21,23-24,26,34,36-37H,5-13,15,17H2,(H2,31,32,33,35)/t18?,20-,21+,23-,24+,26-,29+. The molecular weight excluding hydrogens is 480 g/mol. The van der Waals surface area contributed by atoms with Gasteiger partial charge in [0.1, 0.15) is 17.5 Å². The van der Waals surface area contributed by atoms with Gasteiger partial charge in [-0.1, -0.05) is 18.2 Å². The topological polar surface area (TPSA) is 106 Å². The second-order valence-corrected chi connectivity index (χ2v) is 12.6. The van der Waals surface area contributed by atoms with Gasteiger partial charge in [0, 0.05) is 30.1 Å². The van der Waals surface area contributed by atoms with Gasteiger partial charge in [-0.05, 0) is 92.6 Å². The van der Waals surface area contributed by atoms with Gasteiger partial charge < -0.3 is 21.1 Å². The Hall–Kier alpha value is -2.34. The minimum Gasteiger partial charge on any atom is -0.393 e. The van der Waals surface area contributed by atoms with Gasteiger partial charge >= 0.3 is 0 Å². The van der Waals surface area contributed by atoms with Crippen LogP contribution in [0.1, 0.15) is 68.9 Å². The Labute approximate surface area is 225 Å². The van der Waals surface area contributed by atoms with Crippen LogP contribution in [0.4, 0.5) is 11.8 Å². The largest absolute Gasteiger partial charge is 0.393 e. The van der Waals surface area contributed by atoms with Crippen molar-refractivity contribution in [2.45, 2.75) is 87.4 Å². The van der Waals surface area contributed by atoms with Gasteiger partial charge in [0.05, 0.1) is 12.3 Å². The first-order valence-electron chi connectivity index (χ1n) is 14.0. The summed E-state index contributed by atoms with van der Waals surface area (Å²) in [6.45, 7) is 1.44. The van der Waals surface area contributed by atoms with Crippen molar-refractivity contribution in [2.24, 2.45) is 23.2 Å². The average Bonchev–Trinajstić information content (AvgIpc) is 2.90. The second-order valence-electron chi connectivity index (χ2n) is 12.1. The molecule has 7 nitrogen and oxygen atoms in total. The first-order chi connectivity index (χ1) is 18.0. The van der Waals surface area contributed by atoms with Crippen LogP contribution in [-0.4, -0.2) is 39.8 Å². The van der Waals surface area contributed by atoms with Crippen molar-refractivity contribution in [3.05, 3.63) is 41.6 Å². The molecule has 7 rings (SSSR count). The Bertz CT molecular complexity index is 1140. The highest BCUT2D eigenvalue weighted by Gasteiger charge is 2.55. The fourth-order valence-electron chi connectivity index (χ4n) is 7.99. The third-order valence-electron chi connectivity index (χ3n) is 9.49. The molecule has 2 aromatic rings. The molecule has 4 bridgehead atoms. The van der Waals surface area contributed by atoms with Crippen LogP contribution in [0.25, 0.3) is 0 Å². The fourth-order valence-corrected chi connectivity index (χ4v) is 8.23. The normalized spacial score (nSPS) is 34.2. The highest BCUT2D eigenvalue weighted by Crippen LogP contribution is 2.60. The van der Waals surface area contributed by atoms with Crippen molar-refractivity contribution in [1.29, 1.82) is 5.26 Å². The van der Waals surface area contributed by atoms with Crippen molar-refractivity contribution in [1.82, 2.24) is 15.3 Å². The summed E-state index contributed by atoms with van der Waals surface area (Å²) in [7, 11) is 0. The molecule has 0 aliphatic heterocycles. The molecule has 5 aliphatic carbocycles. The summed E-state index contributed by atoms with van der Waals surface area (Å²) >= 11 is 4.53. The van der Waals surface area contributed by atoms with Crippen molar-refractivity contribution >= 4 is 24.4 Å². The zero-order chi connectivity index (χ0) is 25.4. The lowest BCUT2D eigenvalue weighted by molar-refractivity contribution is -0.0737. The molecule has 0 amide bonds. The Morgan fingerprint density at radius 1 is 1.05 bits per heavy atom. The number of thiol groups is 1. The predicted octanol–water partition coefficient (Wildman–Crippen LogP) is 4.75. The van der Waals surface area contributed by atoms with Gasteiger partial charge in [-0.2, -0.15) is 10.2 Å². The number of anilines is 2. The molecule has 1 heterocycles. The van der Waals surface area contributed by atoms with Crippen LogP contribution in [0.5, 0.6) is 0 Å². The average molecular weight is 519 g/mol. The molecule has 8 heteroatoms. The van der Waals surface area contributed by atoms with Crippen LogP contribution in [0.2, 0.25) is 0 Å². The lowest BCUT2D eigenvalue weighted by Gasteiger charge is -2.61. The van der Waals surface area contributed by atoms with E-state index in [4.69, 9.17) is 4.98 Å². The smallest absolute Gasteiger partial charge is 0.224 e. The number of hydrogen-bond acceptors (Lipinski definition) is 8. The Morgan fingerprint density at radius 2 is 1.81 bits per heavy atom. The number of hydrogen-bond donors (Lipinski definition) is 5. The molecule has 1 aromatic heterocycles. The first-order valence-corrected chi connectivity index (χ1v) is 14.4. The molecule has 0 radical (unpaired) electrons. The quantitative estimate of drug-likeness (QED) is 0.321. The number of rotatable bonds is 8. The third kappa shape index (κ3) is 5.32. The molecule has 0 saturated heterocycles. The van der Waals surface area contributed by atoms with Crippen LogP contribution in [0.3, 0.4) is 0 Å². The molecule has 1 unspecified atom stereocenters. The van der Waals surface area contributed by atoms with Crippen molar-refractivity contribution in [2.75, 3.05) is 17.2 Å². The van der Waals surface area contributed by atoms with E-state index < -0.39 is 0 Å². The second kappa shape index (κ2) is 10.4. The van der Waals surface area contributed by atoms with Gasteiger partial charge in [-0.3, -0.25) is 0 Å². The zero-order valence-electron chi connectivity index (χ0n) is 21.4. The molecule has 4 N–H and O–H groups in total. The van der Waals surface area contributed by atoms with E-state index in [0.29, 0.717) is 36.0 Å². The van der Waals surface area contributed by atoms with E-state index in [2.05, 4.69) is 39.6 Å². The lowest BCUT2D eigenvalue weighted by Crippen LogP contribution is -2.61. The predicted molar refractivity (Wildman–Crippen MR) is 147 cm³/mol. The summed E-state index contributed by atoms with van der Waals surface area (Å²) in [4.78, 5) is 9.98. The summed E-state index contributed by atoms with van der Waals surface area (Å²) in [6, 6.07) is 11.4. The number of aromatic nitrogens is 2. The first kappa shape index (κ1) is 25.0. The molecule has 5 aliphatic rings. The van der Waals surface area contributed by atoms with E-state index in [0.717, 1.165) is 60.4 Å². The minimum absolute atomic E-state index is 0.0968. The van der Waals surface area contributed by atoms with E-state index in [9.17, 15) is 10.4 Å². The maximum Gasteiger partial charge on any atom is 0.224 e. The molecule has 196 valence electrons. The third-order valence-corrected chi connectivity index (χ3v) is 9.93. The Morgan fingerprint density at radius 3 is 2.54 bits per heavy atom. The van der Waals surface area contributed by atoms with Crippen LogP contribution in [0.15, 0.2) is 35.4 Å². The van der Waals surface area contributed by atoms with Crippen LogP contribution < -0.4 is 16.0 Å². The van der Waals surface area contributed by atoms with Gasteiger partial charge in [0.25, 0.3) is 0 Å². The van der Waals surface area contributed by atoms with Crippen molar-refractivity contribution in [3.63, 3.8) is 0 Å². The van der Waals surface area contributed by atoms with E-state index in [1.54, 1.807) is 6.20 Å². The molecular formula is C29H38N6OS. The Balaban J connectivity index is 1.11. The highest BCUT2D eigenvalue weighted by atomic mass is 32.1. The highest BCUT2D eigenvalue weighted by molar-refractivity contribution is 7.80. The van der Waals surface area contributed by atoms with E-state index in [1.807, 2.05) is 24.3 Å². The maximum atomic E-state index is 9.90. The summed E-state index contributed by atoms with van der Waals surface area (Å²) in [5.41, 5.74) is 1.85. The summed E-state index contributed by atoms with van der Waals surface area (Å²) in [6.07, 6.45) is 12.1. The number of nitrogens with one attached hydrogen (secondary N) is 3. The summed E-state index contributed by atoms with van der Waals surface area (Å²) < 4.78 is 0. The molecule has 5 atom stereocenters. The number of aliphatic hydroxyl groups excluding tert-OH is 1. The lowest BCUT2D eigenvalue weighted by atomic mass is 9.47. The number of aliphatic hydroxyl groups is 1. The maximum absolute atomic E-state index is 9.90. The fraction of sp³-hybridized carbons (Fsp3) is 0.621. The summed E-state index contributed by atoms with van der Waals surface area (Å²) in [5.74, 6) is 3.44. The van der Waals surface area contributed by atoms with Crippen LogP contribution in [0, 0.1) is 34.5 Å². The Kier molecular flexibility index (Phi) is 7.04. The van der Waals surface area contributed by atoms with Gasteiger partial charge in [-0.15, -0.1) is 12.6 Å². The number of nitrogens with zero attached hydrogens (tertiary/aromatic N) is 3. The van der Waals surface area contributed by atoms with Crippen molar-refractivity contribution < 1.29 is 5.11 Å².